The number of H-pyrrole nitrogens is 1. The van der Waals surface area contributed by atoms with Gasteiger partial charge in [-0.05, 0) is 123 Å². The quantitative estimate of drug-likeness (QED) is 0.0220. The van der Waals surface area contributed by atoms with E-state index in [0.717, 1.165) is 24.3 Å². The molecule has 512 valence electrons. The first-order valence-corrected chi connectivity index (χ1v) is 32.5. The van der Waals surface area contributed by atoms with Gasteiger partial charge in [0.1, 0.15) is 23.1 Å². The van der Waals surface area contributed by atoms with Gasteiger partial charge in [0.15, 0.2) is 17.3 Å². The minimum absolute atomic E-state index is 0.0596. The fourth-order valence-corrected chi connectivity index (χ4v) is 11.8. The van der Waals surface area contributed by atoms with Crippen LogP contribution in [-0.4, -0.2) is 145 Å². The first-order chi connectivity index (χ1) is 45.2. The van der Waals surface area contributed by atoms with Gasteiger partial charge in [0.2, 0.25) is 33.7 Å². The van der Waals surface area contributed by atoms with Gasteiger partial charge in [-0.3, -0.25) is 57.5 Å². The number of primary amides is 1. The molecule has 1 aromatic heterocycles. The third-order valence-electron chi connectivity index (χ3n) is 15.9. The number of para-hydroxylation sites is 1. The van der Waals surface area contributed by atoms with E-state index in [1.165, 1.54) is 38.5 Å². The van der Waals surface area contributed by atoms with Gasteiger partial charge in [-0.1, -0.05) is 43.2 Å². The molecule has 5 amide bonds. The van der Waals surface area contributed by atoms with Crippen LogP contribution in [-0.2, 0) is 75.6 Å². The predicted molar refractivity (Wildman–Crippen MR) is 342 cm³/mol. The Morgan fingerprint density at radius 2 is 1.15 bits per heavy atom. The van der Waals surface area contributed by atoms with Crippen molar-refractivity contribution in [3.63, 3.8) is 0 Å². The van der Waals surface area contributed by atoms with Crippen LogP contribution in [0.5, 0.6) is 11.5 Å². The second kappa shape index (κ2) is 38.5. The predicted octanol–water partition coefficient (Wildman–Crippen LogP) is 5.33. The molecular formula is C67H82FN7O19S. The van der Waals surface area contributed by atoms with E-state index in [2.05, 4.69) is 26.3 Å². The third kappa shape index (κ3) is 26.3. The van der Waals surface area contributed by atoms with Crippen molar-refractivity contribution in [2.24, 2.45) is 29.4 Å². The van der Waals surface area contributed by atoms with Crippen LogP contribution in [0.15, 0.2) is 108 Å². The van der Waals surface area contributed by atoms with Crippen LogP contribution in [0, 0.1) is 29.5 Å². The van der Waals surface area contributed by atoms with E-state index < -0.39 is 162 Å². The number of halogens is 1. The molecule has 26 nitrogen and oxygen atoms in total. The Morgan fingerprint density at radius 1 is 0.558 bits per heavy atom. The monoisotopic (exact) mass is 1340 g/mol. The number of hydrogen-bond acceptors (Lipinski definition) is 16. The molecule has 0 spiro atoms. The molecule has 0 bridgehead atoms. The zero-order valence-electron chi connectivity index (χ0n) is 52.9. The maximum atomic E-state index is 14.7. The summed E-state index contributed by atoms with van der Waals surface area (Å²) in [4.78, 5) is 160. The molecule has 5 aromatic rings. The Bertz CT molecular complexity index is 3620. The molecule has 11 N–H and O–H groups in total. The summed E-state index contributed by atoms with van der Waals surface area (Å²) in [5, 5.41) is 40.1. The second-order valence-electron chi connectivity index (χ2n) is 23.1. The number of benzene rings is 4. The fourth-order valence-electron chi connectivity index (χ4n) is 10.6. The highest BCUT2D eigenvalue weighted by molar-refractivity contribution is 7.89. The van der Waals surface area contributed by atoms with Crippen LogP contribution >= 0.6 is 0 Å². The highest BCUT2D eigenvalue weighted by Gasteiger charge is 2.35. The SMILES string of the molecule is COc1ccc(C(=O)NCCCC[C@H](CC(=O)CCCCCNC(=O)[C@H](CCC(=O)O)CC(=O)[C@H](Cc2c[nH]c3ccccc23)NC(=O)[C@@H](CC(=O)CNC(=O)[C@H](CCC(=O)O)CC(=O)[C@@H](CC(=O)O)NS(=O)(=O)c2ccc(OC)cc2)Cc2cccc(F)c2)C(N)=O)cc1. The normalized spacial score (nSPS) is 13.2. The number of aromatic amines is 1. The number of sulfonamides is 1. The summed E-state index contributed by atoms with van der Waals surface area (Å²) in [6.45, 7) is -0.391. The lowest BCUT2D eigenvalue weighted by Gasteiger charge is -2.24. The number of carbonyl (C=O) groups excluding carboxylic acids is 9. The molecule has 28 heteroatoms. The lowest BCUT2D eigenvalue weighted by molar-refractivity contribution is -0.140. The topological polar surface area (TPSA) is 420 Å². The van der Waals surface area contributed by atoms with Crippen LogP contribution in [0.3, 0.4) is 0 Å². The van der Waals surface area contributed by atoms with E-state index in [4.69, 9.17) is 15.2 Å². The molecule has 0 aliphatic rings. The van der Waals surface area contributed by atoms with Crippen LogP contribution in [0.2, 0.25) is 0 Å². The van der Waals surface area contributed by atoms with E-state index in [9.17, 15) is 85.7 Å². The molecule has 0 saturated heterocycles. The number of nitrogens with one attached hydrogen (secondary N) is 6. The number of fused-ring (bicyclic) bond motifs is 1. The van der Waals surface area contributed by atoms with Crippen molar-refractivity contribution < 1.29 is 95.1 Å². The molecule has 95 heavy (non-hydrogen) atoms. The van der Waals surface area contributed by atoms with Crippen molar-refractivity contribution >= 4 is 91.5 Å². The van der Waals surface area contributed by atoms with Gasteiger partial charge in [-0.2, -0.15) is 0 Å². The Balaban J connectivity index is 1.23. The number of nitrogens with two attached hydrogens (primary N) is 1. The number of carboxylic acids is 3. The van der Waals surface area contributed by atoms with Crippen molar-refractivity contribution in [2.45, 2.75) is 133 Å². The molecular weight excluding hydrogens is 1260 g/mol. The van der Waals surface area contributed by atoms with E-state index >= 15 is 0 Å². The molecule has 0 saturated carbocycles. The van der Waals surface area contributed by atoms with Crippen molar-refractivity contribution in [2.75, 3.05) is 33.9 Å². The zero-order valence-corrected chi connectivity index (χ0v) is 53.7. The molecule has 0 unspecified atom stereocenters. The Kier molecular flexibility index (Phi) is 30.8. The average molecular weight is 1340 g/mol. The van der Waals surface area contributed by atoms with Crippen molar-refractivity contribution in [1.29, 1.82) is 0 Å². The number of methoxy groups -OCH3 is 2. The maximum absolute atomic E-state index is 14.7. The molecule has 4 aromatic carbocycles. The Labute approximate surface area is 548 Å². The van der Waals surface area contributed by atoms with Gasteiger partial charge in [-0.25, -0.2) is 17.5 Å². The zero-order chi connectivity index (χ0) is 69.6. The minimum Gasteiger partial charge on any atom is -0.497 e. The standard InChI is InChI=1S/C67H82FN7O19S/c1-93-51-21-17-42(18-22-51)64(87)70-30-9-7-12-43(63(69)86)33-49(76)14-4-3-8-29-71-65(88)44(19-27-60(80)81)36-58(78)56(35-47-39-72-55-16-6-5-15-54(47)55)74-67(90)46(31-41-11-10-13-48(68)32-41)34-50(77)40-73-66(89)45(20-28-61(82)83)37-59(79)57(38-62(84)85)75-95(91,92)53-25-23-52(94-2)24-26-53/h5-6,10-11,13,15-18,21-26,32,39,43-46,56-57,72,75H,3-4,7-9,12,14,19-20,27-31,33-38,40H2,1-2H3,(H2,69,86)(H,70,87)(H,71,88)(H,73,89)(H,74,90)(H,80,81)(H,82,83)(H,84,85)/t43-,44-,45-,46-,56+,57-/m1/s1. The summed E-state index contributed by atoms with van der Waals surface area (Å²) in [6.07, 6.45) is -1.25. The first-order valence-electron chi connectivity index (χ1n) is 31.0. The number of aromatic nitrogens is 1. The lowest BCUT2D eigenvalue weighted by atomic mass is 9.89. The summed E-state index contributed by atoms with van der Waals surface area (Å²) in [5.41, 5.74) is 7.57. The molecule has 0 aliphatic carbocycles. The van der Waals surface area contributed by atoms with Crippen LogP contribution in [0.25, 0.3) is 10.9 Å². The smallest absolute Gasteiger partial charge is 0.305 e. The van der Waals surface area contributed by atoms with Gasteiger partial charge < -0.3 is 56.8 Å². The molecule has 0 fully saturated rings. The number of carboxylic acid groups (broad SMARTS) is 3. The van der Waals surface area contributed by atoms with Crippen molar-refractivity contribution in [1.82, 2.24) is 31.0 Å². The van der Waals surface area contributed by atoms with Gasteiger partial charge in [0.05, 0.1) is 44.2 Å². The van der Waals surface area contributed by atoms with Gasteiger partial charge in [-0.15, -0.1) is 0 Å². The van der Waals surface area contributed by atoms with Gasteiger partial charge in [0, 0.05) is 111 Å². The number of amides is 5. The second-order valence-corrected chi connectivity index (χ2v) is 24.8. The number of ether oxygens (including phenoxy) is 2. The Morgan fingerprint density at radius 3 is 1.76 bits per heavy atom. The van der Waals surface area contributed by atoms with Gasteiger partial charge >= 0.3 is 17.9 Å². The van der Waals surface area contributed by atoms with Crippen molar-refractivity contribution in [3.8, 4) is 11.5 Å². The third-order valence-corrected chi connectivity index (χ3v) is 17.4. The summed E-state index contributed by atoms with van der Waals surface area (Å²) in [6, 6.07) is 20.3. The minimum atomic E-state index is -4.55. The lowest BCUT2D eigenvalue weighted by Crippen LogP contribution is -2.47. The number of hydrogen-bond donors (Lipinski definition) is 10. The van der Waals surface area contributed by atoms with Crippen LogP contribution in [0.4, 0.5) is 4.39 Å². The van der Waals surface area contributed by atoms with Gasteiger partial charge in [0.25, 0.3) is 5.91 Å². The molecule has 5 rings (SSSR count). The average Bonchev–Trinajstić information content (AvgIpc) is 1.58. The van der Waals surface area contributed by atoms with E-state index in [-0.39, 0.29) is 60.8 Å². The largest absolute Gasteiger partial charge is 0.497 e. The Hall–Kier alpha value is -9.70. The van der Waals surface area contributed by atoms with E-state index in [0.29, 0.717) is 78.6 Å². The summed E-state index contributed by atoms with van der Waals surface area (Å²) in [5.74, 6) is -15.1. The molecule has 1 heterocycles. The molecule has 6 atom stereocenters. The number of ketones is 4. The van der Waals surface area contributed by atoms with Crippen molar-refractivity contribution in [3.05, 3.63) is 126 Å². The molecule has 0 radical (unpaired) electrons. The van der Waals surface area contributed by atoms with Crippen LogP contribution < -0.4 is 41.2 Å². The number of aliphatic carboxylic acids is 3. The number of rotatable bonds is 46. The maximum Gasteiger partial charge on any atom is 0.305 e. The summed E-state index contributed by atoms with van der Waals surface area (Å²) >= 11 is 0. The highest BCUT2D eigenvalue weighted by Crippen LogP contribution is 2.25. The molecule has 0 aliphatic heterocycles. The summed E-state index contributed by atoms with van der Waals surface area (Å²) in [7, 11) is -1.69. The number of unbranched alkanes of at least 4 members (excludes halogenated alkanes) is 3. The number of Topliss-reactive ketones (excluding diaryl/α,β-unsaturated/α-hetero) is 4. The number of carbonyl (C=O) groups is 12. The summed E-state index contributed by atoms with van der Waals surface area (Å²) < 4.78 is 53.4. The van der Waals surface area contributed by atoms with E-state index in [1.807, 2.05) is 4.72 Å². The fraction of sp³-hybridized carbons (Fsp3) is 0.433. The highest BCUT2D eigenvalue weighted by atomic mass is 32.2. The van der Waals surface area contributed by atoms with E-state index in [1.54, 1.807) is 54.7 Å². The van der Waals surface area contributed by atoms with Crippen LogP contribution in [0.1, 0.15) is 124 Å². The first kappa shape index (κ1) is 76.0.